The summed E-state index contributed by atoms with van der Waals surface area (Å²) in [5.74, 6) is 1.14. The lowest BCUT2D eigenvalue weighted by Crippen LogP contribution is -2.31. The average molecular weight is 343 g/mol. The van der Waals surface area contributed by atoms with Gasteiger partial charge in [0.1, 0.15) is 5.82 Å². The minimum atomic E-state index is -0.738. The molecule has 1 aromatic carbocycles. The second-order valence-corrected chi connectivity index (χ2v) is 7.49. The van der Waals surface area contributed by atoms with E-state index in [0.717, 1.165) is 30.2 Å². The lowest BCUT2D eigenvalue weighted by atomic mass is 9.85. The monoisotopic (exact) mass is 342 g/mol. The van der Waals surface area contributed by atoms with E-state index < -0.39 is 5.60 Å². The number of benzene rings is 1. The number of rotatable bonds is 3. The van der Waals surface area contributed by atoms with Gasteiger partial charge in [-0.05, 0) is 48.8 Å². The lowest BCUT2D eigenvalue weighted by Gasteiger charge is -2.27. The van der Waals surface area contributed by atoms with Crippen LogP contribution in [0.5, 0.6) is 0 Å². The van der Waals surface area contributed by atoms with Gasteiger partial charge in [-0.3, -0.25) is 0 Å². The van der Waals surface area contributed by atoms with Gasteiger partial charge in [0.25, 0.3) is 0 Å². The molecular formula is C17H24BrFO. The summed E-state index contributed by atoms with van der Waals surface area (Å²) in [6.45, 7) is 4.51. The van der Waals surface area contributed by atoms with Crippen LogP contribution >= 0.6 is 15.9 Å². The third-order valence-corrected chi connectivity index (χ3v) is 5.17. The molecule has 2 unspecified atom stereocenters. The summed E-state index contributed by atoms with van der Waals surface area (Å²) in [5, 5.41) is 10.8. The standard InChI is InChI=1S/C17H24BrFO/c1-12(2)13-4-3-8-17(20,9-7-13)11-14-5-6-15(18)10-16(14)19/h5-6,10,12-13,20H,3-4,7-9,11H2,1-2H3. The molecule has 1 aliphatic rings. The van der Waals surface area contributed by atoms with Crippen molar-refractivity contribution >= 4 is 15.9 Å². The quantitative estimate of drug-likeness (QED) is 0.757. The first-order valence-electron chi connectivity index (χ1n) is 7.56. The van der Waals surface area contributed by atoms with Crippen molar-refractivity contribution in [2.45, 2.75) is 58.0 Å². The van der Waals surface area contributed by atoms with Crippen LogP contribution in [0.4, 0.5) is 4.39 Å². The molecule has 3 heteroatoms. The Bertz CT molecular complexity index is 460. The highest BCUT2D eigenvalue weighted by atomic mass is 79.9. The molecule has 1 N–H and O–H groups in total. The molecule has 1 nitrogen and oxygen atoms in total. The Balaban J connectivity index is 2.07. The normalized spacial score (nSPS) is 27.6. The zero-order chi connectivity index (χ0) is 14.8. The van der Waals surface area contributed by atoms with Gasteiger partial charge in [0.15, 0.2) is 0 Å². The van der Waals surface area contributed by atoms with Crippen molar-refractivity contribution < 1.29 is 9.50 Å². The predicted molar refractivity (Wildman–Crippen MR) is 84.2 cm³/mol. The smallest absolute Gasteiger partial charge is 0.127 e. The Morgan fingerprint density at radius 2 is 2.10 bits per heavy atom. The van der Waals surface area contributed by atoms with Gasteiger partial charge in [0.2, 0.25) is 0 Å². The van der Waals surface area contributed by atoms with Gasteiger partial charge in [0.05, 0.1) is 5.60 Å². The molecule has 1 aromatic rings. The molecule has 20 heavy (non-hydrogen) atoms. The first-order chi connectivity index (χ1) is 9.39. The number of hydrogen-bond acceptors (Lipinski definition) is 1. The van der Waals surface area contributed by atoms with Crippen LogP contribution in [0.2, 0.25) is 0 Å². The average Bonchev–Trinajstić information content (AvgIpc) is 2.55. The van der Waals surface area contributed by atoms with Crippen LogP contribution in [0.25, 0.3) is 0 Å². The second-order valence-electron chi connectivity index (χ2n) is 6.57. The van der Waals surface area contributed by atoms with E-state index in [2.05, 4.69) is 29.8 Å². The van der Waals surface area contributed by atoms with Crippen LogP contribution < -0.4 is 0 Å². The molecule has 0 aliphatic heterocycles. The summed E-state index contributed by atoms with van der Waals surface area (Å²) >= 11 is 3.27. The van der Waals surface area contributed by atoms with Gasteiger partial charge in [-0.25, -0.2) is 4.39 Å². The minimum Gasteiger partial charge on any atom is -0.390 e. The van der Waals surface area contributed by atoms with Gasteiger partial charge in [-0.2, -0.15) is 0 Å². The second kappa shape index (κ2) is 6.57. The Morgan fingerprint density at radius 3 is 2.75 bits per heavy atom. The summed E-state index contributed by atoms with van der Waals surface area (Å²) in [4.78, 5) is 0. The summed E-state index contributed by atoms with van der Waals surface area (Å²) in [7, 11) is 0. The van der Waals surface area contributed by atoms with Gasteiger partial charge in [0, 0.05) is 10.9 Å². The van der Waals surface area contributed by atoms with Gasteiger partial charge >= 0.3 is 0 Å². The minimum absolute atomic E-state index is 0.225. The van der Waals surface area contributed by atoms with Crippen LogP contribution in [0.15, 0.2) is 22.7 Å². The molecule has 0 saturated heterocycles. The molecular weight excluding hydrogens is 319 g/mol. The SMILES string of the molecule is CC(C)C1CCCC(O)(Cc2ccc(Br)cc2F)CC1. The summed E-state index contributed by atoms with van der Waals surface area (Å²) in [5.41, 5.74) is -0.114. The van der Waals surface area contributed by atoms with Crippen LogP contribution in [-0.2, 0) is 6.42 Å². The maximum Gasteiger partial charge on any atom is 0.127 e. The van der Waals surface area contributed by atoms with Crippen molar-refractivity contribution in [1.29, 1.82) is 0 Å². The van der Waals surface area contributed by atoms with Crippen LogP contribution in [-0.4, -0.2) is 10.7 Å². The first-order valence-corrected chi connectivity index (χ1v) is 8.35. The van der Waals surface area contributed by atoms with Gasteiger partial charge < -0.3 is 5.11 Å². The maximum absolute atomic E-state index is 13.9. The fourth-order valence-corrected chi connectivity index (χ4v) is 3.61. The van der Waals surface area contributed by atoms with E-state index in [4.69, 9.17) is 0 Å². The fraction of sp³-hybridized carbons (Fsp3) is 0.647. The van der Waals surface area contributed by atoms with Crippen molar-refractivity contribution in [3.05, 3.63) is 34.1 Å². The molecule has 112 valence electrons. The topological polar surface area (TPSA) is 20.2 Å². The highest BCUT2D eigenvalue weighted by Crippen LogP contribution is 2.36. The van der Waals surface area contributed by atoms with Crippen LogP contribution in [0.3, 0.4) is 0 Å². The lowest BCUT2D eigenvalue weighted by molar-refractivity contribution is 0.0229. The third-order valence-electron chi connectivity index (χ3n) is 4.67. The molecule has 1 saturated carbocycles. The molecule has 0 bridgehead atoms. The van der Waals surface area contributed by atoms with Gasteiger partial charge in [-0.1, -0.05) is 48.7 Å². The predicted octanol–water partition coefficient (Wildman–Crippen LogP) is 5.10. The summed E-state index contributed by atoms with van der Waals surface area (Å²) < 4.78 is 14.7. The molecule has 0 amide bonds. The molecule has 2 rings (SSSR count). The molecule has 0 heterocycles. The Morgan fingerprint density at radius 1 is 1.35 bits per heavy atom. The Labute approximate surface area is 129 Å². The third kappa shape index (κ3) is 4.05. The molecule has 0 spiro atoms. The summed E-state index contributed by atoms with van der Waals surface area (Å²) in [6.07, 6.45) is 5.26. The summed E-state index contributed by atoms with van der Waals surface area (Å²) in [6, 6.07) is 5.10. The number of hydrogen-bond donors (Lipinski definition) is 1. The molecule has 0 aromatic heterocycles. The molecule has 1 aliphatic carbocycles. The fourth-order valence-electron chi connectivity index (χ4n) is 3.28. The zero-order valence-corrected chi connectivity index (χ0v) is 13.9. The first kappa shape index (κ1) is 16.0. The van der Waals surface area contributed by atoms with E-state index in [1.807, 2.05) is 6.07 Å². The van der Waals surface area contributed by atoms with Crippen molar-refractivity contribution in [3.8, 4) is 0 Å². The molecule has 2 atom stereocenters. The van der Waals surface area contributed by atoms with Gasteiger partial charge in [-0.15, -0.1) is 0 Å². The molecule has 1 fully saturated rings. The zero-order valence-electron chi connectivity index (χ0n) is 12.3. The number of halogens is 2. The van der Waals surface area contributed by atoms with E-state index in [1.165, 1.54) is 12.5 Å². The van der Waals surface area contributed by atoms with Crippen LogP contribution in [0.1, 0.15) is 51.5 Å². The molecule has 0 radical (unpaired) electrons. The van der Waals surface area contributed by atoms with E-state index in [9.17, 15) is 9.50 Å². The van der Waals surface area contributed by atoms with Crippen molar-refractivity contribution in [2.75, 3.05) is 0 Å². The highest BCUT2D eigenvalue weighted by molar-refractivity contribution is 9.10. The van der Waals surface area contributed by atoms with Crippen LogP contribution in [0, 0.1) is 17.7 Å². The Hall–Kier alpha value is -0.410. The maximum atomic E-state index is 13.9. The Kier molecular flexibility index (Phi) is 5.25. The van der Waals surface area contributed by atoms with E-state index in [-0.39, 0.29) is 5.82 Å². The van der Waals surface area contributed by atoms with Crippen molar-refractivity contribution in [3.63, 3.8) is 0 Å². The van der Waals surface area contributed by atoms with E-state index >= 15 is 0 Å². The largest absolute Gasteiger partial charge is 0.390 e. The van der Waals surface area contributed by atoms with E-state index in [0.29, 0.717) is 23.8 Å². The highest BCUT2D eigenvalue weighted by Gasteiger charge is 2.32. The van der Waals surface area contributed by atoms with Crippen molar-refractivity contribution in [2.24, 2.45) is 11.8 Å². The number of aliphatic hydroxyl groups is 1. The van der Waals surface area contributed by atoms with E-state index in [1.54, 1.807) is 6.07 Å². The van der Waals surface area contributed by atoms with Crippen molar-refractivity contribution in [1.82, 2.24) is 0 Å².